The van der Waals surface area contributed by atoms with Crippen LogP contribution in [0.2, 0.25) is 0 Å². The van der Waals surface area contributed by atoms with Crippen molar-refractivity contribution in [2.24, 2.45) is 0 Å². The summed E-state index contributed by atoms with van der Waals surface area (Å²) in [6, 6.07) is 3.77. The Kier molecular flexibility index (Phi) is 2.62. The molecule has 0 saturated carbocycles. The highest BCUT2D eigenvalue weighted by Gasteiger charge is 2.43. The number of nitrogens with zero attached hydrogens (tertiary/aromatic N) is 1. The molecule has 0 aromatic heterocycles. The predicted octanol–water partition coefficient (Wildman–Crippen LogP) is 1.64. The van der Waals surface area contributed by atoms with Gasteiger partial charge in [0, 0.05) is 12.6 Å². The van der Waals surface area contributed by atoms with Crippen molar-refractivity contribution >= 4 is 5.91 Å². The molecule has 1 aliphatic rings. The molecule has 0 atom stereocenters. The van der Waals surface area contributed by atoms with Gasteiger partial charge >= 0.3 is 6.29 Å². The second-order valence-electron chi connectivity index (χ2n) is 3.31. The number of halogens is 2. The zero-order chi connectivity index (χ0) is 12.6. The van der Waals surface area contributed by atoms with Crippen molar-refractivity contribution in [2.75, 3.05) is 14.2 Å². The molecule has 1 heterocycles. The Labute approximate surface area is 95.4 Å². The molecule has 1 aromatic carbocycles. The zero-order valence-corrected chi connectivity index (χ0v) is 9.07. The van der Waals surface area contributed by atoms with Crippen molar-refractivity contribution in [3.8, 4) is 11.5 Å². The molecule has 1 aliphatic heterocycles. The normalized spacial score (nSPS) is 15.8. The van der Waals surface area contributed by atoms with Crippen LogP contribution >= 0.6 is 0 Å². The Hall–Kier alpha value is -1.89. The van der Waals surface area contributed by atoms with Crippen molar-refractivity contribution in [1.29, 1.82) is 0 Å². The van der Waals surface area contributed by atoms with Gasteiger partial charge in [-0.15, -0.1) is 8.78 Å². The molecule has 1 amide bonds. The van der Waals surface area contributed by atoms with Gasteiger partial charge in [-0.25, -0.2) is 5.06 Å². The summed E-state index contributed by atoms with van der Waals surface area (Å²) in [6.45, 7) is 0. The average Bonchev–Trinajstić information content (AvgIpc) is 2.59. The van der Waals surface area contributed by atoms with Gasteiger partial charge < -0.3 is 9.47 Å². The predicted molar refractivity (Wildman–Crippen MR) is 51.7 cm³/mol. The number of benzene rings is 1. The van der Waals surface area contributed by atoms with E-state index < -0.39 is 12.2 Å². The summed E-state index contributed by atoms with van der Waals surface area (Å²) < 4.78 is 33.9. The van der Waals surface area contributed by atoms with Crippen LogP contribution < -0.4 is 9.47 Å². The fourth-order valence-corrected chi connectivity index (χ4v) is 1.35. The summed E-state index contributed by atoms with van der Waals surface area (Å²) in [4.78, 5) is 16.3. The topological polar surface area (TPSA) is 48.0 Å². The number of alkyl halides is 2. The Bertz CT molecular complexity index is 464. The van der Waals surface area contributed by atoms with E-state index in [1.165, 1.54) is 32.4 Å². The van der Waals surface area contributed by atoms with Crippen molar-refractivity contribution in [3.63, 3.8) is 0 Å². The maximum atomic E-state index is 12.7. The number of ether oxygens (including phenoxy) is 2. The van der Waals surface area contributed by atoms with Gasteiger partial charge in [-0.3, -0.25) is 9.63 Å². The van der Waals surface area contributed by atoms with E-state index in [0.717, 1.165) is 5.06 Å². The summed E-state index contributed by atoms with van der Waals surface area (Å²) in [5.74, 6) is -0.758. The molecular weight excluding hydrogens is 236 g/mol. The first kappa shape index (κ1) is 11.6. The highest BCUT2D eigenvalue weighted by Crippen LogP contribution is 2.41. The van der Waals surface area contributed by atoms with Crippen LogP contribution in [0.5, 0.6) is 11.5 Å². The van der Waals surface area contributed by atoms with Gasteiger partial charge in [0.15, 0.2) is 11.5 Å². The SMILES string of the molecule is CON(C)C(=O)c1ccc2c(c1)OC(F)(F)O2. The van der Waals surface area contributed by atoms with E-state index in [9.17, 15) is 13.6 Å². The third-order valence-electron chi connectivity index (χ3n) is 2.21. The van der Waals surface area contributed by atoms with E-state index in [-0.39, 0.29) is 17.1 Å². The Balaban J connectivity index is 2.28. The Morgan fingerprint density at radius 1 is 1.35 bits per heavy atom. The van der Waals surface area contributed by atoms with E-state index >= 15 is 0 Å². The van der Waals surface area contributed by atoms with Crippen LogP contribution in [0, 0.1) is 0 Å². The minimum absolute atomic E-state index is 0.105. The second-order valence-corrected chi connectivity index (χ2v) is 3.31. The Morgan fingerprint density at radius 2 is 2.00 bits per heavy atom. The lowest BCUT2D eigenvalue weighted by atomic mass is 10.2. The first-order valence-corrected chi connectivity index (χ1v) is 4.65. The number of carbonyl (C=O) groups is 1. The molecule has 7 heteroatoms. The number of hydrogen-bond donors (Lipinski definition) is 0. The minimum atomic E-state index is -3.68. The summed E-state index contributed by atoms with van der Waals surface area (Å²) >= 11 is 0. The van der Waals surface area contributed by atoms with Crippen LogP contribution in [0.3, 0.4) is 0 Å². The van der Waals surface area contributed by atoms with Crippen LogP contribution in [0.4, 0.5) is 8.78 Å². The van der Waals surface area contributed by atoms with Crippen molar-refractivity contribution in [2.45, 2.75) is 6.29 Å². The third-order valence-corrected chi connectivity index (χ3v) is 2.21. The highest BCUT2D eigenvalue weighted by molar-refractivity contribution is 5.94. The molecule has 0 aliphatic carbocycles. The molecule has 2 rings (SSSR count). The van der Waals surface area contributed by atoms with E-state index in [1.807, 2.05) is 0 Å². The molecule has 0 saturated heterocycles. The quantitative estimate of drug-likeness (QED) is 0.743. The molecule has 0 N–H and O–H groups in total. The van der Waals surface area contributed by atoms with Gasteiger partial charge in [-0.1, -0.05) is 0 Å². The van der Waals surface area contributed by atoms with Crippen LogP contribution in [0.25, 0.3) is 0 Å². The summed E-state index contributed by atoms with van der Waals surface area (Å²) in [5, 5.41) is 0.968. The van der Waals surface area contributed by atoms with Gasteiger partial charge in [0.2, 0.25) is 0 Å². The standard InChI is InChI=1S/C10H9F2NO4/c1-13(15-2)9(14)6-3-4-7-8(5-6)17-10(11,12)16-7/h3-5H,1-2H3. The van der Waals surface area contributed by atoms with Crippen molar-refractivity contribution in [1.82, 2.24) is 5.06 Å². The molecule has 17 heavy (non-hydrogen) atoms. The summed E-state index contributed by atoms with van der Waals surface area (Å²) in [7, 11) is 2.72. The number of hydrogen-bond acceptors (Lipinski definition) is 4. The van der Waals surface area contributed by atoms with Gasteiger partial charge in [0.25, 0.3) is 5.91 Å². The molecule has 1 aromatic rings. The van der Waals surface area contributed by atoms with E-state index in [1.54, 1.807) is 0 Å². The maximum Gasteiger partial charge on any atom is 0.586 e. The maximum absolute atomic E-state index is 12.7. The smallest absolute Gasteiger partial charge is 0.395 e. The molecule has 0 spiro atoms. The number of fused-ring (bicyclic) bond motifs is 1. The van der Waals surface area contributed by atoms with Crippen molar-refractivity contribution in [3.05, 3.63) is 23.8 Å². The number of amides is 1. The molecule has 0 unspecified atom stereocenters. The Morgan fingerprint density at radius 3 is 2.65 bits per heavy atom. The average molecular weight is 245 g/mol. The lowest BCUT2D eigenvalue weighted by Gasteiger charge is -2.13. The number of rotatable bonds is 2. The fraction of sp³-hybridized carbons (Fsp3) is 0.300. The second kappa shape index (κ2) is 3.85. The van der Waals surface area contributed by atoms with Gasteiger partial charge in [0.1, 0.15) is 0 Å². The fourth-order valence-electron chi connectivity index (χ4n) is 1.35. The van der Waals surface area contributed by atoms with E-state index in [4.69, 9.17) is 4.84 Å². The third kappa shape index (κ3) is 2.14. The molecule has 0 bridgehead atoms. The molecule has 92 valence electrons. The van der Waals surface area contributed by atoms with Gasteiger partial charge in [0.05, 0.1) is 7.11 Å². The number of carbonyl (C=O) groups excluding carboxylic acids is 1. The molecular formula is C10H9F2NO4. The largest absolute Gasteiger partial charge is 0.586 e. The zero-order valence-electron chi connectivity index (χ0n) is 9.07. The van der Waals surface area contributed by atoms with E-state index in [0.29, 0.717) is 0 Å². The van der Waals surface area contributed by atoms with Crippen LogP contribution in [0.1, 0.15) is 10.4 Å². The van der Waals surface area contributed by atoms with Gasteiger partial charge in [-0.2, -0.15) is 0 Å². The molecule has 0 fully saturated rings. The minimum Gasteiger partial charge on any atom is -0.395 e. The van der Waals surface area contributed by atoms with Gasteiger partial charge in [-0.05, 0) is 18.2 Å². The highest BCUT2D eigenvalue weighted by atomic mass is 19.3. The first-order valence-electron chi connectivity index (χ1n) is 4.65. The number of hydroxylamine groups is 2. The monoisotopic (exact) mass is 245 g/mol. The van der Waals surface area contributed by atoms with E-state index in [2.05, 4.69) is 9.47 Å². The van der Waals surface area contributed by atoms with Crippen LogP contribution in [-0.2, 0) is 4.84 Å². The summed E-state index contributed by atoms with van der Waals surface area (Å²) in [5.41, 5.74) is 0.161. The van der Waals surface area contributed by atoms with Crippen LogP contribution in [-0.4, -0.2) is 31.4 Å². The first-order chi connectivity index (χ1) is 7.93. The van der Waals surface area contributed by atoms with Crippen LogP contribution in [0.15, 0.2) is 18.2 Å². The molecule has 5 nitrogen and oxygen atoms in total. The lowest BCUT2D eigenvalue weighted by molar-refractivity contribution is -0.286. The lowest BCUT2D eigenvalue weighted by Crippen LogP contribution is -2.26. The summed E-state index contributed by atoms with van der Waals surface area (Å²) in [6.07, 6.45) is -3.68. The molecule has 0 radical (unpaired) electrons. The van der Waals surface area contributed by atoms with Crippen molar-refractivity contribution < 1.29 is 27.9 Å².